The quantitative estimate of drug-likeness (QED) is 0.882. The SMILES string of the molecule is Cc1cccc(N2CCN([C@@H](C)C(=O)Nc3ccc4c(c3)OCO4)CC2)c1C. The number of nitrogens with one attached hydrogen (secondary N) is 1. The van der Waals surface area contributed by atoms with E-state index in [0.717, 1.165) is 31.9 Å². The third kappa shape index (κ3) is 3.64. The van der Waals surface area contributed by atoms with Crippen molar-refractivity contribution in [3.63, 3.8) is 0 Å². The van der Waals surface area contributed by atoms with Crippen LogP contribution >= 0.6 is 0 Å². The van der Waals surface area contributed by atoms with E-state index in [2.05, 4.69) is 47.2 Å². The number of ether oxygens (including phenoxy) is 2. The fraction of sp³-hybridized carbons (Fsp3) is 0.409. The number of carbonyl (C=O) groups is 1. The Bertz CT molecular complexity index is 875. The van der Waals surface area contributed by atoms with Crippen molar-refractivity contribution in [2.24, 2.45) is 0 Å². The monoisotopic (exact) mass is 381 g/mol. The summed E-state index contributed by atoms with van der Waals surface area (Å²) in [5.74, 6) is 1.39. The molecule has 0 unspecified atom stereocenters. The number of anilines is 2. The van der Waals surface area contributed by atoms with E-state index in [4.69, 9.17) is 9.47 Å². The van der Waals surface area contributed by atoms with Gasteiger partial charge in [0.25, 0.3) is 0 Å². The van der Waals surface area contributed by atoms with Gasteiger partial charge in [-0.05, 0) is 50.1 Å². The third-order valence-corrected chi connectivity index (χ3v) is 5.80. The van der Waals surface area contributed by atoms with Gasteiger partial charge in [0.15, 0.2) is 11.5 Å². The minimum atomic E-state index is -0.189. The Labute approximate surface area is 166 Å². The molecule has 1 fully saturated rings. The molecule has 1 saturated heterocycles. The molecule has 0 radical (unpaired) electrons. The smallest absolute Gasteiger partial charge is 0.241 e. The van der Waals surface area contributed by atoms with Crippen molar-refractivity contribution in [3.8, 4) is 11.5 Å². The van der Waals surface area contributed by atoms with Crippen LogP contribution in [0.5, 0.6) is 11.5 Å². The molecule has 148 valence electrons. The number of fused-ring (bicyclic) bond motifs is 1. The Hall–Kier alpha value is -2.73. The van der Waals surface area contributed by atoms with Crippen LogP contribution in [0.2, 0.25) is 0 Å². The molecule has 4 rings (SSSR count). The van der Waals surface area contributed by atoms with Gasteiger partial charge in [-0.2, -0.15) is 0 Å². The maximum atomic E-state index is 12.7. The summed E-state index contributed by atoms with van der Waals surface area (Å²) in [6, 6.07) is 11.7. The summed E-state index contributed by atoms with van der Waals surface area (Å²) >= 11 is 0. The van der Waals surface area contributed by atoms with Gasteiger partial charge in [-0.25, -0.2) is 0 Å². The predicted molar refractivity (Wildman–Crippen MR) is 110 cm³/mol. The number of carbonyl (C=O) groups excluding carboxylic acids is 1. The molecule has 1 amide bonds. The van der Waals surface area contributed by atoms with Crippen molar-refractivity contribution >= 4 is 17.3 Å². The second-order valence-electron chi connectivity index (χ2n) is 7.48. The first-order valence-corrected chi connectivity index (χ1v) is 9.78. The maximum Gasteiger partial charge on any atom is 0.241 e. The summed E-state index contributed by atoms with van der Waals surface area (Å²) in [7, 11) is 0. The van der Waals surface area contributed by atoms with Crippen molar-refractivity contribution in [3.05, 3.63) is 47.5 Å². The highest BCUT2D eigenvalue weighted by molar-refractivity contribution is 5.94. The van der Waals surface area contributed by atoms with E-state index in [9.17, 15) is 4.79 Å². The summed E-state index contributed by atoms with van der Waals surface area (Å²) in [5.41, 5.74) is 4.69. The number of aryl methyl sites for hydroxylation is 1. The Morgan fingerprint density at radius 3 is 2.57 bits per heavy atom. The Kier molecular flexibility index (Phi) is 5.13. The van der Waals surface area contributed by atoms with Crippen LogP contribution in [0.1, 0.15) is 18.1 Å². The Morgan fingerprint density at radius 1 is 1.04 bits per heavy atom. The first-order chi connectivity index (χ1) is 13.5. The van der Waals surface area contributed by atoms with Gasteiger partial charge in [0.1, 0.15) is 0 Å². The number of hydrogen-bond acceptors (Lipinski definition) is 5. The van der Waals surface area contributed by atoms with Crippen LogP contribution < -0.4 is 19.7 Å². The zero-order valence-electron chi connectivity index (χ0n) is 16.7. The van der Waals surface area contributed by atoms with Crippen LogP contribution in [0, 0.1) is 13.8 Å². The molecule has 0 bridgehead atoms. The van der Waals surface area contributed by atoms with Gasteiger partial charge in [0.05, 0.1) is 6.04 Å². The number of amides is 1. The number of hydrogen-bond donors (Lipinski definition) is 1. The Balaban J connectivity index is 1.35. The summed E-state index contributed by atoms with van der Waals surface area (Å²) in [6.07, 6.45) is 0. The van der Waals surface area contributed by atoms with Crippen LogP contribution in [0.15, 0.2) is 36.4 Å². The van der Waals surface area contributed by atoms with Gasteiger partial charge in [0, 0.05) is 43.6 Å². The normalized spacial score (nSPS) is 17.5. The minimum Gasteiger partial charge on any atom is -0.454 e. The third-order valence-electron chi connectivity index (χ3n) is 5.80. The highest BCUT2D eigenvalue weighted by Gasteiger charge is 2.26. The number of benzene rings is 2. The zero-order chi connectivity index (χ0) is 19.7. The van der Waals surface area contributed by atoms with Gasteiger partial charge < -0.3 is 19.7 Å². The van der Waals surface area contributed by atoms with Crippen LogP contribution in [-0.4, -0.2) is 49.8 Å². The first-order valence-electron chi connectivity index (χ1n) is 9.78. The number of nitrogens with zero attached hydrogens (tertiary/aromatic N) is 2. The molecule has 0 aromatic heterocycles. The molecule has 1 N–H and O–H groups in total. The van der Waals surface area contributed by atoms with Crippen LogP contribution in [0.3, 0.4) is 0 Å². The van der Waals surface area contributed by atoms with Crippen molar-refractivity contribution in [2.45, 2.75) is 26.8 Å². The van der Waals surface area contributed by atoms with E-state index >= 15 is 0 Å². The second kappa shape index (κ2) is 7.72. The van der Waals surface area contributed by atoms with Crippen LogP contribution in [-0.2, 0) is 4.79 Å². The van der Waals surface area contributed by atoms with Crippen molar-refractivity contribution in [1.29, 1.82) is 0 Å². The lowest BCUT2D eigenvalue weighted by molar-refractivity contribution is -0.120. The zero-order valence-corrected chi connectivity index (χ0v) is 16.7. The predicted octanol–water partition coefficient (Wildman–Crippen LogP) is 3.18. The maximum absolute atomic E-state index is 12.7. The molecule has 0 spiro atoms. The van der Waals surface area contributed by atoms with Gasteiger partial charge in [-0.1, -0.05) is 12.1 Å². The van der Waals surface area contributed by atoms with E-state index in [1.54, 1.807) is 0 Å². The number of rotatable bonds is 4. The van der Waals surface area contributed by atoms with Crippen molar-refractivity contribution in [1.82, 2.24) is 4.90 Å². The molecule has 28 heavy (non-hydrogen) atoms. The molecule has 2 aromatic carbocycles. The van der Waals surface area contributed by atoms with Crippen molar-refractivity contribution < 1.29 is 14.3 Å². The average molecular weight is 381 g/mol. The molecule has 0 aliphatic carbocycles. The summed E-state index contributed by atoms with van der Waals surface area (Å²) in [4.78, 5) is 17.4. The van der Waals surface area contributed by atoms with E-state index in [1.807, 2.05) is 25.1 Å². The van der Waals surface area contributed by atoms with Gasteiger partial charge in [-0.15, -0.1) is 0 Å². The van der Waals surface area contributed by atoms with Gasteiger partial charge in [0.2, 0.25) is 12.7 Å². The lowest BCUT2D eigenvalue weighted by Crippen LogP contribution is -2.53. The largest absolute Gasteiger partial charge is 0.454 e. The topological polar surface area (TPSA) is 54.0 Å². The molecule has 0 saturated carbocycles. The van der Waals surface area contributed by atoms with E-state index in [-0.39, 0.29) is 18.7 Å². The minimum absolute atomic E-state index is 0.000878. The summed E-state index contributed by atoms with van der Waals surface area (Å²) in [5, 5.41) is 3.00. The fourth-order valence-electron chi connectivity index (χ4n) is 3.82. The standard InChI is InChI=1S/C22H27N3O3/c1-15-5-4-6-19(16(15)2)25-11-9-24(10-12-25)17(3)22(26)23-18-7-8-20-21(13-18)28-14-27-20/h4-8,13,17H,9-12,14H2,1-3H3,(H,23,26)/t17-/m0/s1. The molecule has 1 atom stereocenters. The van der Waals surface area contributed by atoms with Crippen LogP contribution in [0.25, 0.3) is 0 Å². The second-order valence-corrected chi connectivity index (χ2v) is 7.48. The molecule has 2 aliphatic rings. The lowest BCUT2D eigenvalue weighted by atomic mass is 10.1. The van der Waals surface area contributed by atoms with Gasteiger partial charge in [-0.3, -0.25) is 9.69 Å². The number of piperazine rings is 1. The first kappa shape index (κ1) is 18.6. The summed E-state index contributed by atoms with van der Waals surface area (Å²) < 4.78 is 10.7. The van der Waals surface area contributed by atoms with E-state index in [1.165, 1.54) is 16.8 Å². The Morgan fingerprint density at radius 2 is 1.79 bits per heavy atom. The average Bonchev–Trinajstić information content (AvgIpc) is 3.17. The molecule has 6 heteroatoms. The molecular weight excluding hydrogens is 354 g/mol. The summed E-state index contributed by atoms with van der Waals surface area (Å²) in [6.45, 7) is 10.1. The molecule has 6 nitrogen and oxygen atoms in total. The molecule has 2 aliphatic heterocycles. The van der Waals surface area contributed by atoms with E-state index in [0.29, 0.717) is 11.5 Å². The molecule has 2 heterocycles. The van der Waals surface area contributed by atoms with Crippen molar-refractivity contribution in [2.75, 3.05) is 43.2 Å². The molecule has 2 aromatic rings. The van der Waals surface area contributed by atoms with Crippen LogP contribution in [0.4, 0.5) is 11.4 Å². The highest BCUT2D eigenvalue weighted by Crippen LogP contribution is 2.34. The van der Waals surface area contributed by atoms with Gasteiger partial charge >= 0.3 is 0 Å². The highest BCUT2D eigenvalue weighted by atomic mass is 16.7. The van der Waals surface area contributed by atoms with E-state index < -0.39 is 0 Å². The fourth-order valence-corrected chi connectivity index (χ4v) is 3.82. The molecular formula is C22H27N3O3. The lowest BCUT2D eigenvalue weighted by Gasteiger charge is -2.39.